The molecule has 0 heterocycles. The predicted molar refractivity (Wildman–Crippen MR) is 99.1 cm³/mol. The van der Waals surface area contributed by atoms with E-state index in [0.29, 0.717) is 32.5 Å². The molecule has 3 unspecified atom stereocenters. The third kappa shape index (κ3) is 25.0. The van der Waals surface area contributed by atoms with Crippen LogP contribution >= 0.6 is 0 Å². The van der Waals surface area contributed by atoms with Crippen LogP contribution in [0.3, 0.4) is 0 Å². The zero-order valence-electron chi connectivity index (χ0n) is 16.3. The van der Waals surface area contributed by atoms with Crippen molar-refractivity contribution in [3.8, 4) is 0 Å². The fourth-order valence-electron chi connectivity index (χ4n) is 2.43. The van der Waals surface area contributed by atoms with Crippen molar-refractivity contribution in [2.45, 2.75) is 84.0 Å². The predicted octanol–water partition coefficient (Wildman–Crippen LogP) is 1.32. The van der Waals surface area contributed by atoms with Gasteiger partial charge in [-0.1, -0.05) is 19.3 Å². The second-order valence-corrected chi connectivity index (χ2v) is 6.82. The Balaban J connectivity index is 0. The number of carbonyl (C=O) groups is 2. The third-order valence-corrected chi connectivity index (χ3v) is 3.35. The summed E-state index contributed by atoms with van der Waals surface area (Å²) in [6.07, 6.45) is 3.23. The highest BCUT2D eigenvalue weighted by Gasteiger charge is 2.12. The van der Waals surface area contributed by atoms with Crippen molar-refractivity contribution in [2.75, 3.05) is 19.6 Å². The topological polar surface area (TPSA) is 139 Å². The van der Waals surface area contributed by atoms with Crippen LogP contribution in [0, 0.1) is 0 Å². The van der Waals surface area contributed by atoms with E-state index in [0.717, 1.165) is 19.3 Å². The third-order valence-electron chi connectivity index (χ3n) is 3.35. The number of aliphatic carboxylic acids is 2. The number of rotatable bonds is 14. The molecular weight excluding hydrogens is 342 g/mol. The molecule has 0 saturated heterocycles. The Hall–Kier alpha value is -1.22. The van der Waals surface area contributed by atoms with Gasteiger partial charge in [-0.3, -0.25) is 14.5 Å². The summed E-state index contributed by atoms with van der Waals surface area (Å²) in [6.45, 7) is 6.52. The van der Waals surface area contributed by atoms with Gasteiger partial charge in [0.25, 0.3) is 0 Å². The van der Waals surface area contributed by atoms with Gasteiger partial charge in [0.1, 0.15) is 0 Å². The van der Waals surface area contributed by atoms with E-state index in [2.05, 4.69) is 0 Å². The first-order valence-corrected chi connectivity index (χ1v) is 9.24. The number of unbranched alkanes of at least 4 members (excludes halogenated alkanes) is 4. The molecule has 0 aliphatic heterocycles. The number of nitrogens with zero attached hydrogens (tertiary/aromatic N) is 1. The maximum Gasteiger partial charge on any atom is 0.303 e. The molecule has 26 heavy (non-hydrogen) atoms. The molecule has 0 spiro atoms. The fraction of sp³-hybridized carbons (Fsp3) is 0.889. The van der Waals surface area contributed by atoms with Crippen molar-refractivity contribution in [1.82, 2.24) is 4.90 Å². The van der Waals surface area contributed by atoms with E-state index in [1.165, 1.54) is 0 Å². The van der Waals surface area contributed by atoms with Crippen LogP contribution < -0.4 is 0 Å². The lowest BCUT2D eigenvalue weighted by atomic mass is 10.1. The van der Waals surface area contributed by atoms with Crippen LogP contribution in [0.2, 0.25) is 0 Å². The van der Waals surface area contributed by atoms with E-state index in [1.807, 2.05) is 4.90 Å². The molecule has 156 valence electrons. The minimum absolute atomic E-state index is 0.221. The lowest BCUT2D eigenvalue weighted by Gasteiger charge is -2.25. The quantitative estimate of drug-likeness (QED) is 0.285. The molecule has 8 nitrogen and oxygen atoms in total. The average Bonchev–Trinajstić information content (AvgIpc) is 2.44. The van der Waals surface area contributed by atoms with Gasteiger partial charge in [0, 0.05) is 32.5 Å². The van der Waals surface area contributed by atoms with E-state index < -0.39 is 30.3 Å². The zero-order valence-corrected chi connectivity index (χ0v) is 16.3. The van der Waals surface area contributed by atoms with Gasteiger partial charge in [0.05, 0.1) is 18.3 Å². The highest BCUT2D eigenvalue weighted by molar-refractivity contribution is 5.66. The standard InChI is InChI=1S/C9H21NO3.C9H16O4/c1-7(11)4-10(5-8(2)12)6-9(3)13;10-8(11)6-4-2-1-3-5-7-9(12)13/h7-9,11-13H,4-6H2,1-3H3;1-7H2,(H,10,11)(H,12,13). The first-order chi connectivity index (χ1) is 12.0. The highest BCUT2D eigenvalue weighted by atomic mass is 16.4. The summed E-state index contributed by atoms with van der Waals surface area (Å²) in [5.74, 6) is -1.52. The molecule has 0 saturated carbocycles. The van der Waals surface area contributed by atoms with Gasteiger partial charge in [-0.25, -0.2) is 0 Å². The molecule has 5 N–H and O–H groups in total. The molecule has 8 heteroatoms. The van der Waals surface area contributed by atoms with Crippen molar-refractivity contribution in [3.63, 3.8) is 0 Å². The SMILES string of the molecule is CC(O)CN(CC(C)O)CC(C)O.O=C(O)CCCCCCCC(=O)O. The number of carboxylic acid groups (broad SMARTS) is 2. The van der Waals surface area contributed by atoms with Crippen LogP contribution in [0.4, 0.5) is 0 Å². The van der Waals surface area contributed by atoms with Crippen molar-refractivity contribution in [2.24, 2.45) is 0 Å². The summed E-state index contributed by atoms with van der Waals surface area (Å²) in [7, 11) is 0. The molecular formula is C18H37NO7. The van der Waals surface area contributed by atoms with Gasteiger partial charge in [-0.2, -0.15) is 0 Å². The van der Waals surface area contributed by atoms with Crippen molar-refractivity contribution in [1.29, 1.82) is 0 Å². The number of aliphatic hydroxyl groups excluding tert-OH is 3. The Morgan fingerprint density at radius 3 is 1.15 bits per heavy atom. The van der Waals surface area contributed by atoms with E-state index in [-0.39, 0.29) is 12.8 Å². The maximum atomic E-state index is 10.1. The monoisotopic (exact) mass is 379 g/mol. The second-order valence-electron chi connectivity index (χ2n) is 6.82. The maximum absolute atomic E-state index is 10.1. The Labute approximate surface area is 156 Å². The molecule has 0 rings (SSSR count). The first-order valence-electron chi connectivity index (χ1n) is 9.24. The first kappa shape index (κ1) is 27.0. The minimum atomic E-state index is -0.759. The smallest absolute Gasteiger partial charge is 0.303 e. The molecule has 0 amide bonds. The summed E-state index contributed by atoms with van der Waals surface area (Å²) in [6, 6.07) is 0. The van der Waals surface area contributed by atoms with Crippen LogP contribution in [0.5, 0.6) is 0 Å². The molecule has 3 atom stereocenters. The van der Waals surface area contributed by atoms with E-state index in [9.17, 15) is 9.59 Å². The molecule has 0 aliphatic rings. The molecule has 0 aromatic carbocycles. The molecule has 0 aromatic heterocycles. The van der Waals surface area contributed by atoms with E-state index in [4.69, 9.17) is 25.5 Å². The zero-order chi connectivity index (χ0) is 20.5. The van der Waals surface area contributed by atoms with Gasteiger partial charge in [0.15, 0.2) is 0 Å². The highest BCUT2D eigenvalue weighted by Crippen LogP contribution is 2.06. The second kappa shape index (κ2) is 17.2. The molecule has 0 aromatic rings. The van der Waals surface area contributed by atoms with Crippen LogP contribution in [-0.4, -0.2) is 80.3 Å². The summed E-state index contributed by atoms with van der Waals surface area (Å²) in [4.78, 5) is 22.0. The number of hydrogen-bond acceptors (Lipinski definition) is 6. The van der Waals surface area contributed by atoms with Crippen molar-refractivity contribution in [3.05, 3.63) is 0 Å². The van der Waals surface area contributed by atoms with Gasteiger partial charge >= 0.3 is 11.9 Å². The summed E-state index contributed by atoms with van der Waals surface area (Å²) < 4.78 is 0. The largest absolute Gasteiger partial charge is 0.481 e. The molecule has 0 bridgehead atoms. The van der Waals surface area contributed by atoms with Gasteiger partial charge in [-0.05, 0) is 33.6 Å². The van der Waals surface area contributed by atoms with E-state index >= 15 is 0 Å². The van der Waals surface area contributed by atoms with Gasteiger partial charge in [-0.15, -0.1) is 0 Å². The average molecular weight is 379 g/mol. The van der Waals surface area contributed by atoms with Crippen molar-refractivity contribution < 1.29 is 35.1 Å². The minimum Gasteiger partial charge on any atom is -0.481 e. The molecule has 0 radical (unpaired) electrons. The molecule has 0 aliphatic carbocycles. The van der Waals surface area contributed by atoms with Gasteiger partial charge in [0.2, 0.25) is 0 Å². The van der Waals surface area contributed by atoms with Crippen LogP contribution in [-0.2, 0) is 9.59 Å². The number of carboxylic acids is 2. The summed E-state index contributed by atoms with van der Waals surface area (Å²) in [5.41, 5.74) is 0. The number of aliphatic hydroxyl groups is 3. The normalized spacial score (nSPS) is 14.3. The Morgan fingerprint density at radius 2 is 0.923 bits per heavy atom. The Kier molecular flexibility index (Phi) is 17.9. The van der Waals surface area contributed by atoms with Crippen molar-refractivity contribution >= 4 is 11.9 Å². The summed E-state index contributed by atoms with van der Waals surface area (Å²) in [5, 5.41) is 44.1. The van der Waals surface area contributed by atoms with Crippen LogP contribution in [0.25, 0.3) is 0 Å². The van der Waals surface area contributed by atoms with Crippen LogP contribution in [0.15, 0.2) is 0 Å². The molecule has 0 fully saturated rings. The van der Waals surface area contributed by atoms with E-state index in [1.54, 1.807) is 20.8 Å². The van der Waals surface area contributed by atoms with Crippen LogP contribution in [0.1, 0.15) is 65.7 Å². The van der Waals surface area contributed by atoms with Gasteiger partial charge < -0.3 is 25.5 Å². The lowest BCUT2D eigenvalue weighted by Crippen LogP contribution is -2.40. The Bertz CT molecular complexity index is 318. The fourth-order valence-corrected chi connectivity index (χ4v) is 2.43. The summed E-state index contributed by atoms with van der Waals surface area (Å²) >= 11 is 0. The number of hydrogen-bond donors (Lipinski definition) is 5. The lowest BCUT2D eigenvalue weighted by molar-refractivity contribution is -0.138. The Morgan fingerprint density at radius 1 is 0.654 bits per heavy atom.